The molecule has 0 unspecified atom stereocenters. The fourth-order valence-electron chi connectivity index (χ4n) is 3.42. The number of amides is 1. The maximum Gasteiger partial charge on any atom is 0.298 e. The Hall–Kier alpha value is -2.50. The van der Waals surface area contributed by atoms with Gasteiger partial charge in [0.2, 0.25) is 6.41 Å². The molecule has 0 bridgehead atoms. The predicted molar refractivity (Wildman–Crippen MR) is 149 cm³/mol. The van der Waals surface area contributed by atoms with Gasteiger partial charge in [0.05, 0.1) is 12.2 Å². The smallest absolute Gasteiger partial charge is 0.298 e. The summed E-state index contributed by atoms with van der Waals surface area (Å²) < 4.78 is 64.1. The van der Waals surface area contributed by atoms with Crippen molar-refractivity contribution in [1.82, 2.24) is 10.9 Å². The molecule has 12 heteroatoms. The number of amidine groups is 1. The monoisotopic (exact) mass is 580 g/mol. The standard InChI is InChI=1S/C14H24ClFN4O2.C13H17F3O/c1-3-12(14(20-16)19-10-15)13(17-2)6-4-5-8-22-9-7-18-11-21;1-3-8-17-9-13(15,16)11-7-5-6-10(4-2)12(11)14/h11H,2-10H2,1H3,(H,18,21)(H,19,20);5-7H,3-4,8-9H2,1-2H3/b13-12-;. The van der Waals surface area contributed by atoms with Crippen LogP contribution >= 0.6 is 11.6 Å². The van der Waals surface area contributed by atoms with Gasteiger partial charge in [-0.3, -0.25) is 14.8 Å². The Labute approximate surface area is 234 Å². The number of aliphatic imine (C=N–C) groups is 2. The van der Waals surface area contributed by atoms with E-state index in [1.165, 1.54) is 12.1 Å². The minimum absolute atomic E-state index is 0.0250. The number of carbonyl (C=O) groups is 1. The van der Waals surface area contributed by atoms with Gasteiger partial charge in [-0.1, -0.05) is 32.9 Å². The van der Waals surface area contributed by atoms with Crippen molar-refractivity contribution in [2.45, 2.75) is 65.2 Å². The average molecular weight is 581 g/mol. The van der Waals surface area contributed by atoms with Crippen LogP contribution in [0, 0.1) is 5.82 Å². The summed E-state index contributed by atoms with van der Waals surface area (Å²) in [6, 6.07) is 4.05. The number of halogens is 5. The van der Waals surface area contributed by atoms with Gasteiger partial charge in [0.1, 0.15) is 18.4 Å². The minimum Gasteiger partial charge on any atom is -0.380 e. The van der Waals surface area contributed by atoms with Crippen LogP contribution in [0.1, 0.15) is 64.0 Å². The molecule has 0 atom stereocenters. The van der Waals surface area contributed by atoms with Gasteiger partial charge in [0.25, 0.3) is 5.92 Å². The number of aryl methyl sites for hydroxylation is 1. The van der Waals surface area contributed by atoms with Crippen LogP contribution in [-0.4, -0.2) is 57.9 Å². The maximum absolute atomic E-state index is 13.7. The highest BCUT2D eigenvalue weighted by molar-refractivity contribution is 6.18. The first-order chi connectivity index (χ1) is 18.8. The number of rotatable bonds is 19. The molecule has 0 aromatic heterocycles. The zero-order valence-electron chi connectivity index (χ0n) is 23.0. The van der Waals surface area contributed by atoms with Gasteiger partial charge in [-0.25, -0.2) is 9.93 Å². The molecule has 0 saturated heterocycles. The van der Waals surface area contributed by atoms with E-state index >= 15 is 0 Å². The fourth-order valence-corrected chi connectivity index (χ4v) is 3.54. The van der Waals surface area contributed by atoms with Crippen LogP contribution in [0.3, 0.4) is 0 Å². The van der Waals surface area contributed by atoms with Crippen LogP contribution in [-0.2, 0) is 26.6 Å². The summed E-state index contributed by atoms with van der Waals surface area (Å²) in [6.45, 7) is 10.1. The summed E-state index contributed by atoms with van der Waals surface area (Å²) in [7, 11) is 0. The number of carbonyl (C=O) groups excluding carboxylic acids is 1. The molecule has 0 aliphatic rings. The number of benzene rings is 1. The average Bonchev–Trinajstić information content (AvgIpc) is 2.93. The molecule has 222 valence electrons. The molecule has 0 heterocycles. The molecular weight excluding hydrogens is 540 g/mol. The Morgan fingerprint density at radius 3 is 2.46 bits per heavy atom. The van der Waals surface area contributed by atoms with Gasteiger partial charge in [-0.2, -0.15) is 8.78 Å². The first-order valence-electron chi connectivity index (χ1n) is 12.9. The van der Waals surface area contributed by atoms with E-state index in [0.29, 0.717) is 68.7 Å². The number of hydrogen-bond acceptors (Lipinski definition) is 5. The van der Waals surface area contributed by atoms with Crippen LogP contribution in [0.25, 0.3) is 0 Å². The second-order valence-corrected chi connectivity index (χ2v) is 8.43. The third-order valence-electron chi connectivity index (χ3n) is 5.40. The van der Waals surface area contributed by atoms with E-state index in [1.807, 2.05) is 13.8 Å². The molecule has 1 aromatic carbocycles. The lowest BCUT2D eigenvalue weighted by Gasteiger charge is -2.18. The Kier molecular flexibility index (Phi) is 20.9. The van der Waals surface area contributed by atoms with Crippen molar-refractivity contribution in [3.8, 4) is 0 Å². The molecule has 0 aliphatic carbocycles. The zero-order chi connectivity index (χ0) is 29.5. The van der Waals surface area contributed by atoms with Crippen LogP contribution in [0.2, 0.25) is 0 Å². The largest absolute Gasteiger partial charge is 0.380 e. The van der Waals surface area contributed by atoms with Gasteiger partial charge in [0, 0.05) is 31.0 Å². The summed E-state index contributed by atoms with van der Waals surface area (Å²) in [5.41, 5.74) is 2.67. The van der Waals surface area contributed by atoms with Crippen LogP contribution in [0.5, 0.6) is 0 Å². The van der Waals surface area contributed by atoms with Crippen LogP contribution in [0.4, 0.5) is 17.7 Å². The third-order valence-corrected chi connectivity index (χ3v) is 5.52. The zero-order valence-corrected chi connectivity index (χ0v) is 23.8. The molecule has 1 amide bonds. The molecule has 0 aliphatic heterocycles. The van der Waals surface area contributed by atoms with E-state index in [0.717, 1.165) is 18.9 Å². The molecule has 0 fully saturated rings. The number of hydrogen-bond donors (Lipinski definition) is 2. The van der Waals surface area contributed by atoms with Crippen LogP contribution in [0.15, 0.2) is 39.5 Å². The van der Waals surface area contributed by atoms with Gasteiger partial charge in [0.15, 0.2) is 5.84 Å². The Morgan fingerprint density at radius 2 is 1.90 bits per heavy atom. The van der Waals surface area contributed by atoms with Crippen molar-refractivity contribution >= 4 is 30.6 Å². The third kappa shape index (κ3) is 14.5. The summed E-state index contributed by atoms with van der Waals surface area (Å²) in [6.07, 6.45) is 4.60. The van der Waals surface area contributed by atoms with E-state index in [1.54, 1.807) is 12.5 Å². The molecule has 1 rings (SSSR count). The predicted octanol–water partition coefficient (Wildman–Crippen LogP) is 6.26. The van der Waals surface area contributed by atoms with Gasteiger partial charge in [-0.15, -0.1) is 16.1 Å². The SMILES string of the molecule is C=N/C(CCCCOCCNC=O)=C(CC)\C(=N/CCl)NF.CCCOCC(F)(F)c1cccc(CC)c1F. The maximum atomic E-state index is 13.7. The number of ether oxygens (including phenoxy) is 2. The van der Waals surface area contributed by atoms with Crippen molar-refractivity contribution in [1.29, 1.82) is 0 Å². The van der Waals surface area contributed by atoms with E-state index in [4.69, 9.17) is 21.1 Å². The number of allylic oxidation sites excluding steroid dienone is 1. The lowest BCUT2D eigenvalue weighted by atomic mass is 10.0. The summed E-state index contributed by atoms with van der Waals surface area (Å²) in [4.78, 5) is 17.9. The van der Waals surface area contributed by atoms with Crippen molar-refractivity contribution in [2.24, 2.45) is 9.98 Å². The van der Waals surface area contributed by atoms with Crippen LogP contribution < -0.4 is 10.9 Å². The molecule has 0 spiro atoms. The molecule has 2 N–H and O–H groups in total. The molecular formula is C27H41ClF4N4O3. The number of alkyl halides is 3. The first kappa shape index (κ1) is 36.5. The summed E-state index contributed by atoms with van der Waals surface area (Å²) >= 11 is 5.52. The molecule has 7 nitrogen and oxygen atoms in total. The highest BCUT2D eigenvalue weighted by atomic mass is 35.5. The van der Waals surface area contributed by atoms with Crippen molar-refractivity contribution in [3.05, 3.63) is 46.4 Å². The van der Waals surface area contributed by atoms with E-state index in [9.17, 15) is 22.4 Å². The number of nitrogens with zero attached hydrogens (tertiary/aromatic N) is 2. The Morgan fingerprint density at radius 1 is 1.15 bits per heavy atom. The quantitative estimate of drug-likeness (QED) is 0.0296. The fraction of sp³-hybridized carbons (Fsp3) is 0.593. The normalized spacial score (nSPS) is 12.3. The van der Waals surface area contributed by atoms with Gasteiger partial charge < -0.3 is 14.8 Å². The van der Waals surface area contributed by atoms with Crippen molar-refractivity contribution < 1.29 is 31.9 Å². The topological polar surface area (TPSA) is 84.3 Å². The minimum atomic E-state index is -3.27. The molecule has 0 radical (unpaired) electrons. The second kappa shape index (κ2) is 22.3. The van der Waals surface area contributed by atoms with Crippen molar-refractivity contribution in [2.75, 3.05) is 39.0 Å². The molecule has 0 saturated carbocycles. The molecule has 1 aromatic rings. The summed E-state index contributed by atoms with van der Waals surface area (Å²) in [5.74, 6) is -3.99. The lowest BCUT2D eigenvalue weighted by Crippen LogP contribution is -2.23. The van der Waals surface area contributed by atoms with E-state index in [2.05, 4.69) is 22.0 Å². The summed E-state index contributed by atoms with van der Waals surface area (Å²) in [5, 5.41) is 2.52. The second-order valence-electron chi connectivity index (χ2n) is 8.19. The first-order valence-corrected chi connectivity index (χ1v) is 13.4. The Bertz CT molecular complexity index is 902. The molecule has 39 heavy (non-hydrogen) atoms. The van der Waals surface area contributed by atoms with E-state index < -0.39 is 23.9 Å². The van der Waals surface area contributed by atoms with E-state index in [-0.39, 0.29) is 18.4 Å². The number of nitrogens with one attached hydrogen (secondary N) is 2. The number of unbranched alkanes of at least 4 members (excludes halogenated alkanes) is 1. The highest BCUT2D eigenvalue weighted by Gasteiger charge is 2.35. The lowest BCUT2D eigenvalue weighted by molar-refractivity contribution is -0.109. The van der Waals surface area contributed by atoms with Crippen molar-refractivity contribution in [3.63, 3.8) is 0 Å². The van der Waals surface area contributed by atoms with Gasteiger partial charge in [-0.05, 0) is 56.9 Å². The Balaban J connectivity index is 0.000000763. The highest BCUT2D eigenvalue weighted by Crippen LogP contribution is 2.31. The van der Waals surface area contributed by atoms with Gasteiger partial charge >= 0.3 is 0 Å².